The van der Waals surface area contributed by atoms with E-state index in [-0.39, 0.29) is 4.90 Å². The summed E-state index contributed by atoms with van der Waals surface area (Å²) in [5.74, 6) is -0.693. The number of hydrogen-bond acceptors (Lipinski definition) is 4. The number of hydrogen-bond donors (Lipinski definition) is 1. The van der Waals surface area contributed by atoms with Gasteiger partial charge in [0.05, 0.1) is 6.20 Å². The molecule has 1 atom stereocenters. The zero-order valence-corrected chi connectivity index (χ0v) is 12.5. The van der Waals surface area contributed by atoms with Crippen molar-refractivity contribution in [3.63, 3.8) is 0 Å². The van der Waals surface area contributed by atoms with Crippen LogP contribution in [-0.4, -0.2) is 24.8 Å². The van der Waals surface area contributed by atoms with Crippen molar-refractivity contribution in [2.75, 3.05) is 12.8 Å². The van der Waals surface area contributed by atoms with E-state index in [0.29, 0.717) is 5.69 Å². The molecule has 0 bridgehead atoms. The quantitative estimate of drug-likeness (QED) is 0.878. The van der Waals surface area contributed by atoms with Crippen molar-refractivity contribution in [3.8, 4) is 0 Å². The third-order valence-corrected chi connectivity index (χ3v) is 5.19. The fraction of sp³-hybridized carbons (Fsp3) is 0.214. The molecule has 7 heteroatoms. The number of pyridine rings is 1. The topological polar surface area (TPSA) is 76.3 Å². The van der Waals surface area contributed by atoms with Crippen molar-refractivity contribution in [2.24, 2.45) is 0 Å². The molecule has 0 fully saturated rings. The highest BCUT2D eigenvalue weighted by Crippen LogP contribution is 2.26. The first-order chi connectivity index (χ1) is 9.82. The van der Waals surface area contributed by atoms with Gasteiger partial charge in [-0.15, -0.1) is 0 Å². The smallest absolute Gasteiger partial charge is 0.245 e. The number of anilines is 1. The van der Waals surface area contributed by atoms with E-state index in [0.717, 1.165) is 28.3 Å². The number of nitrogens with two attached hydrogens (primary N) is 1. The summed E-state index contributed by atoms with van der Waals surface area (Å²) in [4.78, 5) is 3.40. The van der Waals surface area contributed by atoms with Gasteiger partial charge in [0.1, 0.15) is 10.7 Å². The third kappa shape index (κ3) is 3.20. The Bertz CT molecular complexity index is 749. The summed E-state index contributed by atoms with van der Waals surface area (Å²) in [6.45, 7) is 1.74. The minimum atomic E-state index is -3.83. The number of nitrogen functional groups attached to an aromatic ring is 1. The Labute approximate surface area is 123 Å². The zero-order chi connectivity index (χ0) is 15.6. The summed E-state index contributed by atoms with van der Waals surface area (Å²) in [5.41, 5.74) is 7.02. The van der Waals surface area contributed by atoms with E-state index in [1.807, 2.05) is 0 Å². The minimum Gasteiger partial charge on any atom is -0.399 e. The number of rotatable bonds is 4. The van der Waals surface area contributed by atoms with Gasteiger partial charge < -0.3 is 5.73 Å². The normalized spacial score (nSPS) is 13.3. The predicted octanol–water partition coefficient (Wildman–Crippen LogP) is 2.18. The molecule has 0 amide bonds. The second-order valence-corrected chi connectivity index (χ2v) is 6.70. The standard InChI is InChI=1S/C14H16FN3O2S/c1-10(11-4-3-5-13(16)6-11)18(2)21(19,20)14-7-12(15)8-17-9-14/h3-10H,16H2,1-2H3. The molecule has 0 radical (unpaired) electrons. The van der Waals surface area contributed by atoms with E-state index < -0.39 is 21.9 Å². The van der Waals surface area contributed by atoms with Crippen LogP contribution < -0.4 is 5.73 Å². The number of nitrogens with zero attached hydrogens (tertiary/aromatic N) is 2. The minimum absolute atomic E-state index is 0.180. The van der Waals surface area contributed by atoms with Crippen molar-refractivity contribution >= 4 is 15.7 Å². The van der Waals surface area contributed by atoms with E-state index in [1.54, 1.807) is 31.2 Å². The Morgan fingerprint density at radius 1 is 1.29 bits per heavy atom. The molecule has 1 aromatic carbocycles. The maximum atomic E-state index is 13.2. The molecule has 0 saturated heterocycles. The Morgan fingerprint density at radius 3 is 2.62 bits per heavy atom. The van der Waals surface area contributed by atoms with Gasteiger partial charge >= 0.3 is 0 Å². The van der Waals surface area contributed by atoms with Gasteiger partial charge in [-0.2, -0.15) is 4.31 Å². The van der Waals surface area contributed by atoms with E-state index in [9.17, 15) is 12.8 Å². The maximum Gasteiger partial charge on any atom is 0.245 e. The SMILES string of the molecule is CC(c1cccc(N)c1)N(C)S(=O)(=O)c1cncc(F)c1. The highest BCUT2D eigenvalue weighted by molar-refractivity contribution is 7.89. The Morgan fingerprint density at radius 2 is 2.00 bits per heavy atom. The lowest BCUT2D eigenvalue weighted by Gasteiger charge is -2.24. The van der Waals surface area contributed by atoms with Gasteiger partial charge in [-0.25, -0.2) is 12.8 Å². The second-order valence-electron chi connectivity index (χ2n) is 4.71. The van der Waals surface area contributed by atoms with E-state index in [4.69, 9.17) is 5.73 Å². The second kappa shape index (κ2) is 5.79. The monoisotopic (exact) mass is 309 g/mol. The molecule has 2 aromatic rings. The number of halogens is 1. The number of sulfonamides is 1. The van der Waals surface area contributed by atoms with Crippen molar-refractivity contribution in [3.05, 3.63) is 54.1 Å². The largest absolute Gasteiger partial charge is 0.399 e. The molecule has 0 aliphatic heterocycles. The van der Waals surface area contributed by atoms with Crippen molar-refractivity contribution < 1.29 is 12.8 Å². The first-order valence-electron chi connectivity index (χ1n) is 6.26. The van der Waals surface area contributed by atoms with Gasteiger partial charge in [0.15, 0.2) is 0 Å². The number of benzene rings is 1. The van der Waals surface area contributed by atoms with Gasteiger partial charge in [-0.05, 0) is 30.7 Å². The molecule has 112 valence electrons. The molecule has 0 aliphatic rings. The molecule has 1 heterocycles. The molecule has 0 spiro atoms. The van der Waals surface area contributed by atoms with Gasteiger partial charge in [0.2, 0.25) is 10.0 Å². The summed E-state index contributed by atoms with van der Waals surface area (Å²) in [6.07, 6.45) is 2.08. The highest BCUT2D eigenvalue weighted by Gasteiger charge is 2.27. The van der Waals surface area contributed by atoms with E-state index in [2.05, 4.69) is 4.98 Å². The van der Waals surface area contributed by atoms with Gasteiger partial charge in [0.25, 0.3) is 0 Å². The molecule has 21 heavy (non-hydrogen) atoms. The lowest BCUT2D eigenvalue weighted by molar-refractivity contribution is 0.398. The Kier molecular flexibility index (Phi) is 4.24. The molecule has 0 aliphatic carbocycles. The number of aromatic nitrogens is 1. The van der Waals surface area contributed by atoms with Crippen LogP contribution in [0.3, 0.4) is 0 Å². The van der Waals surface area contributed by atoms with E-state index in [1.165, 1.54) is 7.05 Å². The molecule has 0 saturated carbocycles. The molecular formula is C14H16FN3O2S. The van der Waals surface area contributed by atoms with Crippen molar-refractivity contribution in [1.29, 1.82) is 0 Å². The van der Waals surface area contributed by atoms with Crippen LogP contribution in [0.5, 0.6) is 0 Å². The fourth-order valence-electron chi connectivity index (χ4n) is 1.94. The molecular weight excluding hydrogens is 293 g/mol. The van der Waals surface area contributed by atoms with Gasteiger partial charge in [0, 0.05) is 25.0 Å². The van der Waals surface area contributed by atoms with Crippen LogP contribution >= 0.6 is 0 Å². The summed E-state index contributed by atoms with van der Waals surface area (Å²) >= 11 is 0. The molecule has 2 rings (SSSR count). The van der Waals surface area contributed by atoms with Crippen molar-refractivity contribution in [2.45, 2.75) is 17.9 Å². The average Bonchev–Trinajstić information content (AvgIpc) is 2.45. The van der Waals surface area contributed by atoms with Crippen LogP contribution in [0.4, 0.5) is 10.1 Å². The van der Waals surface area contributed by atoms with Crippen LogP contribution in [0.2, 0.25) is 0 Å². The lowest BCUT2D eigenvalue weighted by atomic mass is 10.1. The summed E-state index contributed by atoms with van der Waals surface area (Å²) in [7, 11) is -2.39. The first kappa shape index (κ1) is 15.4. The average molecular weight is 309 g/mol. The first-order valence-corrected chi connectivity index (χ1v) is 7.70. The van der Waals surface area contributed by atoms with Gasteiger partial charge in [-0.1, -0.05) is 12.1 Å². The van der Waals surface area contributed by atoms with Crippen LogP contribution in [0.25, 0.3) is 0 Å². The zero-order valence-electron chi connectivity index (χ0n) is 11.7. The third-order valence-electron chi connectivity index (χ3n) is 3.30. The maximum absolute atomic E-state index is 13.2. The fourth-order valence-corrected chi connectivity index (χ4v) is 3.26. The summed E-state index contributed by atoms with van der Waals surface area (Å²) < 4.78 is 39.3. The van der Waals surface area contributed by atoms with Crippen LogP contribution in [0, 0.1) is 5.82 Å². The molecule has 5 nitrogen and oxygen atoms in total. The molecule has 1 unspecified atom stereocenters. The molecule has 2 N–H and O–H groups in total. The summed E-state index contributed by atoms with van der Waals surface area (Å²) in [5, 5.41) is 0. The van der Waals surface area contributed by atoms with Gasteiger partial charge in [-0.3, -0.25) is 4.98 Å². The van der Waals surface area contributed by atoms with E-state index >= 15 is 0 Å². The molecule has 1 aromatic heterocycles. The Hall–Kier alpha value is -1.99. The lowest BCUT2D eigenvalue weighted by Crippen LogP contribution is -2.30. The van der Waals surface area contributed by atoms with Crippen molar-refractivity contribution in [1.82, 2.24) is 9.29 Å². The van der Waals surface area contributed by atoms with Crippen LogP contribution in [0.1, 0.15) is 18.5 Å². The Balaban J connectivity index is 2.36. The highest BCUT2D eigenvalue weighted by atomic mass is 32.2. The summed E-state index contributed by atoms with van der Waals surface area (Å²) in [6, 6.07) is 7.48. The van der Waals surface area contributed by atoms with Crippen LogP contribution in [0.15, 0.2) is 47.6 Å². The predicted molar refractivity (Wildman–Crippen MR) is 78.4 cm³/mol. The van der Waals surface area contributed by atoms with Crippen LogP contribution in [-0.2, 0) is 10.0 Å².